The normalized spacial score (nSPS) is 25.8. The standard InChI is InChI=1S/C21H25BrO10/c1-10(22)14-6-8-15(9-7-14)31-21-19(30-13(4)25)17(29-12(3)24)16(28-11(2)23)18(32-21)20(26)27-5/h6-10,16-19,21H,1-5H3/t10?,16-,17-,18-,19+,21+/m0/s1. The van der Waals surface area contributed by atoms with Crippen LogP contribution in [-0.4, -0.2) is 61.7 Å². The third kappa shape index (κ3) is 6.67. The first-order valence-corrected chi connectivity index (χ1v) is 10.6. The van der Waals surface area contributed by atoms with Crippen molar-refractivity contribution in [1.82, 2.24) is 0 Å². The van der Waals surface area contributed by atoms with Crippen molar-refractivity contribution in [2.24, 2.45) is 0 Å². The van der Waals surface area contributed by atoms with Crippen LogP contribution in [0.15, 0.2) is 24.3 Å². The van der Waals surface area contributed by atoms with Gasteiger partial charge >= 0.3 is 23.9 Å². The van der Waals surface area contributed by atoms with Crippen molar-refractivity contribution in [3.63, 3.8) is 0 Å². The van der Waals surface area contributed by atoms with Gasteiger partial charge in [-0.05, 0) is 24.6 Å². The molecule has 1 aliphatic rings. The van der Waals surface area contributed by atoms with Crippen molar-refractivity contribution >= 4 is 39.8 Å². The number of alkyl halides is 1. The SMILES string of the molecule is COC(=O)[C@H]1O[C@@H](Oc2ccc(C(C)Br)cc2)[C@H](OC(C)=O)[C@@H](OC(C)=O)[C@@H]1OC(C)=O. The second kappa shape index (κ2) is 11.3. The minimum atomic E-state index is -1.51. The Morgan fingerprint density at radius 3 is 1.84 bits per heavy atom. The van der Waals surface area contributed by atoms with E-state index in [1.54, 1.807) is 24.3 Å². The predicted octanol–water partition coefficient (Wildman–Crippen LogP) is 2.21. The van der Waals surface area contributed by atoms with Gasteiger partial charge in [0, 0.05) is 25.6 Å². The number of esters is 4. The van der Waals surface area contributed by atoms with Gasteiger partial charge in [0.25, 0.3) is 0 Å². The maximum absolute atomic E-state index is 12.4. The molecule has 2 rings (SSSR count). The number of hydrogen-bond acceptors (Lipinski definition) is 10. The summed E-state index contributed by atoms with van der Waals surface area (Å²) in [5.41, 5.74) is 0.985. The summed E-state index contributed by atoms with van der Waals surface area (Å²) in [7, 11) is 1.12. The van der Waals surface area contributed by atoms with Crippen molar-refractivity contribution in [2.75, 3.05) is 7.11 Å². The fourth-order valence-corrected chi connectivity index (χ4v) is 3.43. The van der Waals surface area contributed by atoms with Crippen LogP contribution in [-0.2, 0) is 42.9 Å². The molecule has 0 bridgehead atoms. The van der Waals surface area contributed by atoms with Gasteiger partial charge in [-0.15, -0.1) is 0 Å². The molecule has 32 heavy (non-hydrogen) atoms. The second-order valence-corrected chi connectivity index (χ2v) is 8.35. The Balaban J connectivity index is 2.46. The zero-order chi connectivity index (χ0) is 24.0. The van der Waals surface area contributed by atoms with E-state index in [0.717, 1.165) is 33.4 Å². The quantitative estimate of drug-likeness (QED) is 0.302. The average molecular weight is 517 g/mol. The number of carbonyl (C=O) groups is 4. The molecule has 0 saturated carbocycles. The number of benzene rings is 1. The maximum atomic E-state index is 12.4. The third-order valence-corrected chi connectivity index (χ3v) is 4.95. The van der Waals surface area contributed by atoms with Gasteiger partial charge in [-0.1, -0.05) is 28.1 Å². The van der Waals surface area contributed by atoms with E-state index in [0.29, 0.717) is 5.75 Å². The van der Waals surface area contributed by atoms with Crippen molar-refractivity contribution in [1.29, 1.82) is 0 Å². The maximum Gasteiger partial charge on any atom is 0.339 e. The van der Waals surface area contributed by atoms with E-state index in [-0.39, 0.29) is 4.83 Å². The molecule has 1 unspecified atom stereocenters. The van der Waals surface area contributed by atoms with Gasteiger partial charge in [0.2, 0.25) is 12.4 Å². The predicted molar refractivity (Wildman–Crippen MR) is 112 cm³/mol. The summed E-state index contributed by atoms with van der Waals surface area (Å²) in [6.07, 6.45) is -7.08. The molecule has 1 aliphatic heterocycles. The van der Waals surface area contributed by atoms with Crippen molar-refractivity contribution in [3.05, 3.63) is 29.8 Å². The highest BCUT2D eigenvalue weighted by Gasteiger charge is 2.55. The average Bonchev–Trinajstić information content (AvgIpc) is 2.70. The van der Waals surface area contributed by atoms with E-state index in [1.807, 2.05) is 6.92 Å². The van der Waals surface area contributed by atoms with Gasteiger partial charge < -0.3 is 28.4 Å². The lowest BCUT2D eigenvalue weighted by Gasteiger charge is -2.43. The first-order chi connectivity index (χ1) is 15.0. The van der Waals surface area contributed by atoms with Crippen molar-refractivity contribution in [3.8, 4) is 5.75 Å². The molecule has 0 aliphatic carbocycles. The highest BCUT2D eigenvalue weighted by Crippen LogP contribution is 2.32. The number of methoxy groups -OCH3 is 1. The summed E-state index contributed by atoms with van der Waals surface area (Å²) < 4.78 is 32.1. The molecule has 6 atom stereocenters. The Kier molecular flexibility index (Phi) is 9.02. The van der Waals surface area contributed by atoms with E-state index in [1.165, 1.54) is 0 Å². The molecule has 10 nitrogen and oxygen atoms in total. The number of hydrogen-bond donors (Lipinski definition) is 0. The zero-order valence-corrected chi connectivity index (χ0v) is 19.8. The molecule has 1 aromatic rings. The molecule has 0 radical (unpaired) electrons. The van der Waals surface area contributed by atoms with E-state index >= 15 is 0 Å². The third-order valence-electron chi connectivity index (χ3n) is 4.43. The summed E-state index contributed by atoms with van der Waals surface area (Å²) in [6, 6.07) is 6.93. The Labute approximate surface area is 193 Å². The zero-order valence-electron chi connectivity index (χ0n) is 18.2. The van der Waals surface area contributed by atoms with Gasteiger partial charge in [-0.25, -0.2) is 4.79 Å². The van der Waals surface area contributed by atoms with Gasteiger partial charge in [-0.2, -0.15) is 0 Å². The van der Waals surface area contributed by atoms with Crippen LogP contribution < -0.4 is 4.74 Å². The summed E-state index contributed by atoms with van der Waals surface area (Å²) >= 11 is 3.47. The number of carbonyl (C=O) groups excluding carboxylic acids is 4. The molecule has 176 valence electrons. The van der Waals surface area contributed by atoms with Crippen LogP contribution in [0.4, 0.5) is 0 Å². The minimum absolute atomic E-state index is 0.109. The van der Waals surface area contributed by atoms with Crippen LogP contribution in [0.5, 0.6) is 5.75 Å². The summed E-state index contributed by atoms with van der Waals surface area (Å²) in [6.45, 7) is 5.32. The first kappa shape index (κ1) is 25.6. The second-order valence-electron chi connectivity index (χ2n) is 6.97. The monoisotopic (exact) mass is 516 g/mol. The molecule has 11 heteroatoms. The fraction of sp³-hybridized carbons (Fsp3) is 0.524. The van der Waals surface area contributed by atoms with Crippen LogP contribution >= 0.6 is 15.9 Å². The van der Waals surface area contributed by atoms with Crippen LogP contribution in [0.25, 0.3) is 0 Å². The van der Waals surface area contributed by atoms with Crippen molar-refractivity contribution < 1.29 is 47.6 Å². The molecule has 1 aromatic carbocycles. The summed E-state index contributed by atoms with van der Waals surface area (Å²) in [4.78, 5) is 47.7. The first-order valence-electron chi connectivity index (χ1n) is 9.69. The topological polar surface area (TPSA) is 124 Å². The minimum Gasteiger partial charge on any atom is -0.467 e. The number of halogens is 1. The van der Waals surface area contributed by atoms with E-state index in [2.05, 4.69) is 15.9 Å². The van der Waals surface area contributed by atoms with Crippen LogP contribution in [0.1, 0.15) is 38.1 Å². The molecule has 0 aromatic heterocycles. The number of ether oxygens (including phenoxy) is 6. The number of rotatable bonds is 7. The molecule has 1 heterocycles. The largest absolute Gasteiger partial charge is 0.467 e. The molecular weight excluding hydrogens is 492 g/mol. The van der Waals surface area contributed by atoms with E-state index in [4.69, 9.17) is 28.4 Å². The fourth-order valence-electron chi connectivity index (χ4n) is 3.12. The van der Waals surface area contributed by atoms with Gasteiger partial charge in [0.15, 0.2) is 18.3 Å². The van der Waals surface area contributed by atoms with Crippen LogP contribution in [0.2, 0.25) is 0 Å². The lowest BCUT2D eigenvalue weighted by molar-refractivity contribution is -0.282. The highest BCUT2D eigenvalue weighted by molar-refractivity contribution is 9.09. The van der Waals surface area contributed by atoms with E-state index in [9.17, 15) is 19.2 Å². The molecule has 0 spiro atoms. The molecule has 0 N–H and O–H groups in total. The molecule has 0 amide bonds. The molecular formula is C21H25BrO10. The van der Waals surface area contributed by atoms with Crippen LogP contribution in [0, 0.1) is 0 Å². The summed E-state index contributed by atoms with van der Waals surface area (Å²) in [5.74, 6) is -2.83. The Bertz CT molecular complexity index is 837. The highest BCUT2D eigenvalue weighted by atomic mass is 79.9. The summed E-state index contributed by atoms with van der Waals surface area (Å²) in [5, 5.41) is 0. The van der Waals surface area contributed by atoms with Gasteiger partial charge in [0.1, 0.15) is 5.75 Å². The lowest BCUT2D eigenvalue weighted by atomic mass is 9.97. The van der Waals surface area contributed by atoms with Gasteiger partial charge in [-0.3, -0.25) is 14.4 Å². The van der Waals surface area contributed by atoms with Crippen LogP contribution in [0.3, 0.4) is 0 Å². The molecule has 1 saturated heterocycles. The van der Waals surface area contributed by atoms with Crippen molar-refractivity contribution in [2.45, 2.75) is 63.2 Å². The lowest BCUT2D eigenvalue weighted by Crippen LogP contribution is -2.64. The Morgan fingerprint density at radius 1 is 0.875 bits per heavy atom. The van der Waals surface area contributed by atoms with Gasteiger partial charge in [0.05, 0.1) is 7.11 Å². The molecule has 1 fully saturated rings. The van der Waals surface area contributed by atoms with E-state index < -0.39 is 54.6 Å². The smallest absolute Gasteiger partial charge is 0.339 e. The Hall–Kier alpha value is -2.66. The Morgan fingerprint density at radius 2 is 1.38 bits per heavy atom.